The Bertz CT molecular complexity index is 1050. The van der Waals surface area contributed by atoms with Crippen LogP contribution in [-0.4, -0.2) is 40.5 Å². The van der Waals surface area contributed by atoms with Crippen LogP contribution in [0.5, 0.6) is 0 Å². The van der Waals surface area contributed by atoms with E-state index >= 15 is 0 Å². The van der Waals surface area contributed by atoms with Crippen LogP contribution in [-0.2, 0) is 16.0 Å². The molecule has 152 valence electrons. The Morgan fingerprint density at radius 1 is 1.13 bits per heavy atom. The van der Waals surface area contributed by atoms with Crippen LogP contribution >= 0.6 is 11.8 Å². The molecule has 8 heteroatoms. The van der Waals surface area contributed by atoms with E-state index in [1.807, 2.05) is 58.3 Å². The number of thioether (sulfide) groups is 1. The fourth-order valence-electron chi connectivity index (χ4n) is 3.98. The van der Waals surface area contributed by atoms with Gasteiger partial charge >= 0.3 is 0 Å². The number of fused-ring (bicyclic) bond motifs is 2. The van der Waals surface area contributed by atoms with Crippen LogP contribution in [0.4, 0.5) is 5.69 Å². The van der Waals surface area contributed by atoms with Gasteiger partial charge in [-0.25, -0.2) is 0 Å². The third-order valence-electron chi connectivity index (χ3n) is 5.36. The number of amides is 2. The Morgan fingerprint density at radius 3 is 2.80 bits per heavy atom. The zero-order valence-corrected chi connectivity index (χ0v) is 17.1. The first-order chi connectivity index (χ1) is 14.7. The molecule has 0 aromatic heterocycles. The number of carbonyl (C=O) groups excluding carboxylic acids is 2. The number of benzene rings is 2. The van der Waals surface area contributed by atoms with Gasteiger partial charge in [-0.15, -0.1) is 0 Å². The maximum Gasteiger partial charge on any atom is 0.249 e. The number of carbonyl (C=O) groups is 2. The fourth-order valence-corrected chi connectivity index (χ4v) is 4.85. The standard InChI is InChI=1S/C22H21N5O2S/c28-19-13-18(16-7-2-1-3-8-16)27-21(23-19)24-25-22(27)30-14-20(29)26-12-6-10-15-9-4-5-11-17(15)26/h1-5,7-9,11,13,21,24H,6,10,12,14H2,(H,23,28). The Kier molecular flexibility index (Phi) is 4.92. The minimum Gasteiger partial charge on any atom is -0.314 e. The Balaban J connectivity index is 1.33. The summed E-state index contributed by atoms with van der Waals surface area (Å²) in [5.41, 5.74) is 6.86. The molecule has 2 N–H and O–H groups in total. The van der Waals surface area contributed by atoms with Gasteiger partial charge in [-0.1, -0.05) is 60.3 Å². The van der Waals surface area contributed by atoms with E-state index in [1.54, 1.807) is 6.08 Å². The van der Waals surface area contributed by atoms with Crippen molar-refractivity contribution < 1.29 is 9.59 Å². The van der Waals surface area contributed by atoms with Crippen molar-refractivity contribution in [2.24, 2.45) is 5.10 Å². The highest BCUT2D eigenvalue weighted by atomic mass is 32.2. The Hall–Kier alpha value is -3.26. The summed E-state index contributed by atoms with van der Waals surface area (Å²) in [4.78, 5) is 28.9. The van der Waals surface area contributed by atoms with E-state index < -0.39 is 6.29 Å². The molecule has 5 rings (SSSR count). The topological polar surface area (TPSA) is 77.0 Å². The number of rotatable bonds is 3. The van der Waals surface area contributed by atoms with E-state index in [-0.39, 0.29) is 17.6 Å². The molecule has 7 nitrogen and oxygen atoms in total. The van der Waals surface area contributed by atoms with Gasteiger partial charge in [0.25, 0.3) is 0 Å². The van der Waals surface area contributed by atoms with Crippen molar-refractivity contribution in [3.05, 3.63) is 71.8 Å². The number of anilines is 1. The first-order valence-electron chi connectivity index (χ1n) is 9.92. The predicted octanol–water partition coefficient (Wildman–Crippen LogP) is 2.33. The number of aryl methyl sites for hydroxylation is 1. The van der Waals surface area contributed by atoms with Crippen LogP contribution in [0, 0.1) is 0 Å². The molecule has 1 unspecified atom stereocenters. The van der Waals surface area contributed by atoms with Crippen LogP contribution in [0.25, 0.3) is 5.70 Å². The van der Waals surface area contributed by atoms with E-state index in [2.05, 4.69) is 21.9 Å². The highest BCUT2D eigenvalue weighted by Gasteiger charge is 2.36. The third kappa shape index (κ3) is 3.43. The quantitative estimate of drug-likeness (QED) is 0.799. The van der Waals surface area contributed by atoms with E-state index in [4.69, 9.17) is 0 Å². The minimum absolute atomic E-state index is 0.0598. The highest BCUT2D eigenvalue weighted by Crippen LogP contribution is 2.31. The molecule has 2 aromatic carbocycles. The summed E-state index contributed by atoms with van der Waals surface area (Å²) in [6.45, 7) is 0.735. The molecule has 30 heavy (non-hydrogen) atoms. The monoisotopic (exact) mass is 419 g/mol. The lowest BCUT2D eigenvalue weighted by atomic mass is 10.0. The summed E-state index contributed by atoms with van der Waals surface area (Å²) in [7, 11) is 0. The second kappa shape index (κ2) is 7.87. The maximum atomic E-state index is 13.0. The highest BCUT2D eigenvalue weighted by molar-refractivity contribution is 8.14. The summed E-state index contributed by atoms with van der Waals surface area (Å²) in [6, 6.07) is 17.8. The molecule has 0 fully saturated rings. The molecule has 0 spiro atoms. The summed E-state index contributed by atoms with van der Waals surface area (Å²) in [6.07, 6.45) is 3.09. The van der Waals surface area contributed by atoms with Gasteiger partial charge in [-0.05, 0) is 30.0 Å². The van der Waals surface area contributed by atoms with Crippen LogP contribution in [0.1, 0.15) is 17.5 Å². The number of para-hydroxylation sites is 1. The van der Waals surface area contributed by atoms with Crippen molar-refractivity contribution in [2.45, 2.75) is 19.1 Å². The molecular weight excluding hydrogens is 398 g/mol. The van der Waals surface area contributed by atoms with Crippen molar-refractivity contribution in [2.75, 3.05) is 17.2 Å². The van der Waals surface area contributed by atoms with E-state index in [1.165, 1.54) is 17.3 Å². The fraction of sp³-hybridized carbons (Fsp3) is 0.227. The smallest absolute Gasteiger partial charge is 0.249 e. The average molecular weight is 420 g/mol. The Labute approximate surface area is 178 Å². The number of hydrogen-bond acceptors (Lipinski definition) is 6. The van der Waals surface area contributed by atoms with E-state index in [0.717, 1.165) is 36.3 Å². The second-order valence-electron chi connectivity index (χ2n) is 7.27. The summed E-state index contributed by atoms with van der Waals surface area (Å²) in [5, 5.41) is 7.89. The van der Waals surface area contributed by atoms with Gasteiger partial charge in [0.05, 0.1) is 11.4 Å². The van der Waals surface area contributed by atoms with Crippen molar-refractivity contribution in [3.8, 4) is 0 Å². The number of hydrogen-bond donors (Lipinski definition) is 2. The van der Waals surface area contributed by atoms with Gasteiger partial charge in [0.1, 0.15) is 0 Å². The molecule has 0 saturated heterocycles. The molecule has 3 aliphatic rings. The van der Waals surface area contributed by atoms with Crippen molar-refractivity contribution in [3.63, 3.8) is 0 Å². The van der Waals surface area contributed by atoms with Crippen molar-refractivity contribution in [1.29, 1.82) is 0 Å². The second-order valence-corrected chi connectivity index (χ2v) is 8.21. The van der Waals surface area contributed by atoms with Crippen molar-refractivity contribution in [1.82, 2.24) is 15.6 Å². The van der Waals surface area contributed by atoms with Crippen LogP contribution < -0.4 is 15.6 Å². The molecule has 2 amide bonds. The van der Waals surface area contributed by atoms with Crippen molar-refractivity contribution >= 4 is 40.1 Å². The molecule has 3 heterocycles. The molecule has 2 aromatic rings. The van der Waals surface area contributed by atoms with Gasteiger partial charge in [-0.3, -0.25) is 19.9 Å². The largest absolute Gasteiger partial charge is 0.314 e. The first-order valence-corrected chi connectivity index (χ1v) is 10.9. The lowest BCUT2D eigenvalue weighted by molar-refractivity contribution is -0.118. The minimum atomic E-state index is -0.453. The summed E-state index contributed by atoms with van der Waals surface area (Å²) in [5.74, 6) is 0.156. The lowest BCUT2D eigenvalue weighted by Crippen LogP contribution is -2.54. The van der Waals surface area contributed by atoms with Gasteiger partial charge in [0.15, 0.2) is 11.5 Å². The molecule has 0 saturated carbocycles. The summed E-state index contributed by atoms with van der Waals surface area (Å²) < 4.78 is 0. The van der Waals surface area contributed by atoms with Gasteiger partial charge in [-0.2, -0.15) is 5.10 Å². The normalized spacial score (nSPS) is 19.9. The zero-order chi connectivity index (χ0) is 20.5. The molecule has 1 atom stereocenters. The van der Waals surface area contributed by atoms with Crippen LogP contribution in [0.2, 0.25) is 0 Å². The number of amidine groups is 1. The molecule has 0 radical (unpaired) electrons. The number of hydrazone groups is 1. The van der Waals surface area contributed by atoms with E-state index in [9.17, 15) is 9.59 Å². The SMILES string of the molecule is O=C1C=C(c2ccccc2)N2C(SCC(=O)N3CCCc4ccccc43)=NNC2N1. The third-order valence-corrected chi connectivity index (χ3v) is 6.30. The number of nitrogens with one attached hydrogen (secondary N) is 2. The van der Waals surface area contributed by atoms with Crippen LogP contribution in [0.15, 0.2) is 65.8 Å². The maximum absolute atomic E-state index is 13.0. The summed E-state index contributed by atoms with van der Waals surface area (Å²) >= 11 is 1.38. The molecule has 0 aliphatic carbocycles. The lowest BCUT2D eigenvalue weighted by Gasteiger charge is -2.33. The van der Waals surface area contributed by atoms with Crippen LogP contribution in [0.3, 0.4) is 0 Å². The molecule has 0 bridgehead atoms. The predicted molar refractivity (Wildman–Crippen MR) is 118 cm³/mol. The molecule has 3 aliphatic heterocycles. The number of nitrogens with zero attached hydrogens (tertiary/aromatic N) is 3. The average Bonchev–Trinajstić information content (AvgIpc) is 3.19. The van der Waals surface area contributed by atoms with Gasteiger partial charge < -0.3 is 10.2 Å². The zero-order valence-electron chi connectivity index (χ0n) is 16.2. The van der Waals surface area contributed by atoms with E-state index in [0.29, 0.717) is 5.17 Å². The Morgan fingerprint density at radius 2 is 1.93 bits per heavy atom. The van der Waals surface area contributed by atoms with Gasteiger partial charge in [0.2, 0.25) is 11.8 Å². The first kappa shape index (κ1) is 18.7. The van der Waals surface area contributed by atoms with Gasteiger partial charge in [0, 0.05) is 18.3 Å². The molecular formula is C22H21N5O2S.